The number of carbonyl (C=O) groups is 6. The Balaban J connectivity index is 1.33. The molecule has 0 aromatic heterocycles. The fourth-order valence-corrected chi connectivity index (χ4v) is 6.50. The van der Waals surface area contributed by atoms with Gasteiger partial charge >= 0.3 is 18.0 Å². The quantitative estimate of drug-likeness (QED) is 0.360. The molecule has 14 nitrogen and oxygen atoms in total. The topological polar surface area (TPSA) is 183 Å². The molecular weight excluding hydrogens is 660 g/mol. The average Bonchev–Trinajstić information content (AvgIpc) is 3.69. The molecule has 49 heavy (non-hydrogen) atoms. The first kappa shape index (κ1) is 33.3. The van der Waals surface area contributed by atoms with Crippen molar-refractivity contribution in [1.82, 2.24) is 15.1 Å². The van der Waals surface area contributed by atoms with E-state index in [9.17, 15) is 39.0 Å². The molecule has 254 valence electrons. The second kappa shape index (κ2) is 13.8. The van der Waals surface area contributed by atoms with Gasteiger partial charge in [-0.2, -0.15) is 0 Å². The van der Waals surface area contributed by atoms with Crippen molar-refractivity contribution in [3.8, 4) is 5.75 Å². The van der Waals surface area contributed by atoms with Gasteiger partial charge in [-0.3, -0.25) is 19.3 Å². The Hall–Kier alpha value is -5.63. The van der Waals surface area contributed by atoms with E-state index in [4.69, 9.17) is 21.1 Å². The Kier molecular flexibility index (Phi) is 9.40. The zero-order valence-corrected chi connectivity index (χ0v) is 26.6. The molecule has 0 aliphatic carbocycles. The lowest BCUT2D eigenvalue weighted by atomic mass is 10.1. The molecule has 4 heterocycles. The number of hydrogen-bond donors (Lipinski definition) is 3. The van der Waals surface area contributed by atoms with E-state index in [2.05, 4.69) is 5.32 Å². The van der Waals surface area contributed by atoms with Gasteiger partial charge in [0.05, 0.1) is 11.6 Å². The van der Waals surface area contributed by atoms with E-state index in [-0.39, 0.29) is 42.9 Å². The molecule has 0 unspecified atom stereocenters. The number of fused-ring (bicyclic) bond motifs is 7. The molecule has 2 saturated heterocycles. The van der Waals surface area contributed by atoms with Gasteiger partial charge in [0.25, 0.3) is 11.8 Å². The fourth-order valence-electron chi connectivity index (χ4n) is 6.31. The molecule has 2 fully saturated rings. The van der Waals surface area contributed by atoms with E-state index in [1.165, 1.54) is 47.4 Å². The van der Waals surface area contributed by atoms with Crippen molar-refractivity contribution in [1.29, 1.82) is 0 Å². The third-order valence-corrected chi connectivity index (χ3v) is 8.98. The number of carboxylic acid groups (broad SMARTS) is 2. The van der Waals surface area contributed by atoms with Crippen LogP contribution in [0.25, 0.3) is 0 Å². The molecule has 4 amide bonds. The minimum atomic E-state index is -1.50. The highest BCUT2D eigenvalue weighted by atomic mass is 35.5. The summed E-state index contributed by atoms with van der Waals surface area (Å²) in [4.78, 5) is 81.7. The van der Waals surface area contributed by atoms with Crippen molar-refractivity contribution in [2.45, 2.75) is 37.1 Å². The van der Waals surface area contributed by atoms with Crippen LogP contribution in [0.2, 0.25) is 5.02 Å². The van der Waals surface area contributed by atoms with Crippen LogP contribution in [0.15, 0.2) is 72.8 Å². The molecule has 4 aliphatic heterocycles. The molecule has 3 aromatic carbocycles. The number of rotatable bonds is 5. The smallest absolute Gasteiger partial charge is 0.415 e. The third kappa shape index (κ3) is 7.14. The van der Waals surface area contributed by atoms with E-state index in [0.717, 1.165) is 9.80 Å². The third-order valence-electron chi connectivity index (χ3n) is 8.75. The number of nitrogens with one attached hydrogen (secondary N) is 1. The number of anilines is 1. The lowest BCUT2D eigenvalue weighted by molar-refractivity contribution is -0.144. The standard InChI is InChI=1S/C34H31ClN4O10/c35-22-3-1-2-21(14-22)30(41)36-23-15-25-18-48-26-10-6-19(7-11-26)31(42)37-13-12-27(29(37)33(45)46)49-34(47)39(17-28(40)38(25)16-23)24-8-4-20(5-9-24)32(43)44/h1-11,14,23,25,27,29H,12-13,15-18H2,(H,36,41)(H,43,44)(H,45,46)/t23-,25+,27+,29+/m1/s1. The monoisotopic (exact) mass is 690 g/mol. The number of nitrogens with zero attached hydrogens (tertiary/aromatic N) is 3. The highest BCUT2D eigenvalue weighted by Gasteiger charge is 2.46. The van der Waals surface area contributed by atoms with Crippen LogP contribution in [0.1, 0.15) is 43.9 Å². The summed E-state index contributed by atoms with van der Waals surface area (Å²) < 4.78 is 11.7. The first-order valence-corrected chi connectivity index (χ1v) is 15.8. The molecule has 7 rings (SSSR count). The van der Waals surface area contributed by atoms with Crippen LogP contribution in [-0.2, 0) is 14.3 Å². The van der Waals surface area contributed by atoms with E-state index in [0.29, 0.717) is 22.8 Å². The first-order valence-electron chi connectivity index (χ1n) is 15.4. The number of carboxylic acids is 2. The second-order valence-corrected chi connectivity index (χ2v) is 12.3. The van der Waals surface area contributed by atoms with Crippen LogP contribution in [0, 0.1) is 0 Å². The number of amides is 4. The van der Waals surface area contributed by atoms with Crippen LogP contribution in [0.3, 0.4) is 0 Å². The van der Waals surface area contributed by atoms with Crippen molar-refractivity contribution in [3.05, 3.63) is 94.5 Å². The first-order chi connectivity index (χ1) is 23.5. The number of aromatic carboxylic acids is 1. The molecule has 0 saturated carbocycles. The number of aliphatic carboxylic acids is 1. The molecular formula is C34H31ClN4O10. The summed E-state index contributed by atoms with van der Waals surface area (Å²) in [6.07, 6.45) is -1.97. The van der Waals surface area contributed by atoms with Gasteiger partial charge in [-0.1, -0.05) is 17.7 Å². The van der Waals surface area contributed by atoms with Crippen molar-refractivity contribution < 1.29 is 48.5 Å². The van der Waals surface area contributed by atoms with Crippen molar-refractivity contribution in [3.63, 3.8) is 0 Å². The summed E-state index contributed by atoms with van der Waals surface area (Å²) in [5.41, 5.74) is 0.600. The lowest BCUT2D eigenvalue weighted by Crippen LogP contribution is -2.49. The number of benzene rings is 3. The predicted octanol–water partition coefficient (Wildman–Crippen LogP) is 3.14. The summed E-state index contributed by atoms with van der Waals surface area (Å²) >= 11 is 6.07. The highest BCUT2D eigenvalue weighted by Crippen LogP contribution is 2.28. The molecule has 4 aliphatic rings. The minimum Gasteiger partial charge on any atom is -0.491 e. The van der Waals surface area contributed by atoms with Gasteiger partial charge in [0.15, 0.2) is 6.04 Å². The van der Waals surface area contributed by atoms with Crippen LogP contribution in [-0.4, -0.2) is 106 Å². The predicted molar refractivity (Wildman–Crippen MR) is 173 cm³/mol. The minimum absolute atomic E-state index is 0.00398. The Labute approximate surface area is 284 Å². The summed E-state index contributed by atoms with van der Waals surface area (Å²) in [6, 6.07) is 15.2. The highest BCUT2D eigenvalue weighted by molar-refractivity contribution is 6.31. The van der Waals surface area contributed by atoms with E-state index < -0.39 is 66.5 Å². The second-order valence-electron chi connectivity index (χ2n) is 11.9. The summed E-state index contributed by atoms with van der Waals surface area (Å²) in [5.74, 6) is -3.68. The van der Waals surface area contributed by atoms with Gasteiger partial charge in [0.1, 0.15) is 25.0 Å². The van der Waals surface area contributed by atoms with Crippen molar-refractivity contribution >= 4 is 53.0 Å². The number of carbonyl (C=O) groups excluding carboxylic acids is 4. The van der Waals surface area contributed by atoms with Gasteiger partial charge in [-0.25, -0.2) is 14.4 Å². The van der Waals surface area contributed by atoms with Crippen LogP contribution >= 0.6 is 11.6 Å². The van der Waals surface area contributed by atoms with Crippen LogP contribution < -0.4 is 15.0 Å². The average molecular weight is 691 g/mol. The molecule has 15 heteroatoms. The molecule has 3 aromatic rings. The summed E-state index contributed by atoms with van der Waals surface area (Å²) in [5, 5.41) is 22.8. The summed E-state index contributed by atoms with van der Waals surface area (Å²) in [6.45, 7) is -0.490. The van der Waals surface area contributed by atoms with Crippen LogP contribution in [0.5, 0.6) is 5.75 Å². The lowest BCUT2D eigenvalue weighted by Gasteiger charge is -2.30. The molecule has 0 radical (unpaired) electrons. The van der Waals surface area contributed by atoms with Gasteiger partial charge < -0.3 is 34.8 Å². The summed E-state index contributed by atoms with van der Waals surface area (Å²) in [7, 11) is 0. The Morgan fingerprint density at radius 3 is 2.31 bits per heavy atom. The number of halogens is 1. The SMILES string of the molecule is O=C(O)c1ccc(N2CC(=O)N3C[C@H](NC(=O)c4cccc(Cl)c4)C[C@H]3COc3ccc(cc3)C(=O)N3CC[C@H](OC2=O)[C@H]3C(=O)O)cc1. The van der Waals surface area contributed by atoms with Gasteiger partial charge in [0.2, 0.25) is 5.91 Å². The maximum Gasteiger partial charge on any atom is 0.415 e. The maximum atomic E-state index is 14.0. The molecule has 3 N–H and O–H groups in total. The molecule has 0 spiro atoms. The Bertz CT molecular complexity index is 1800. The fraction of sp³-hybridized carbons (Fsp3) is 0.294. The van der Waals surface area contributed by atoms with Crippen LogP contribution in [0.4, 0.5) is 10.5 Å². The maximum absolute atomic E-state index is 14.0. The van der Waals surface area contributed by atoms with E-state index in [1.807, 2.05) is 0 Å². The van der Waals surface area contributed by atoms with Gasteiger partial charge in [-0.15, -0.1) is 0 Å². The van der Waals surface area contributed by atoms with Crippen molar-refractivity contribution in [2.24, 2.45) is 0 Å². The molecule has 4 bridgehead atoms. The number of ether oxygens (including phenoxy) is 2. The Morgan fingerprint density at radius 2 is 1.63 bits per heavy atom. The van der Waals surface area contributed by atoms with Crippen molar-refractivity contribution in [2.75, 3.05) is 31.1 Å². The largest absolute Gasteiger partial charge is 0.491 e. The zero-order chi connectivity index (χ0) is 34.8. The zero-order valence-electron chi connectivity index (χ0n) is 25.9. The Morgan fingerprint density at radius 1 is 0.898 bits per heavy atom. The van der Waals surface area contributed by atoms with E-state index in [1.54, 1.807) is 30.3 Å². The molecule has 4 atom stereocenters. The van der Waals surface area contributed by atoms with Gasteiger partial charge in [-0.05, 0) is 73.2 Å². The number of hydrogen-bond acceptors (Lipinski definition) is 8. The van der Waals surface area contributed by atoms with Gasteiger partial charge in [0, 0.05) is 47.4 Å². The van der Waals surface area contributed by atoms with E-state index >= 15 is 0 Å². The normalized spacial score (nSPS) is 22.6.